The van der Waals surface area contributed by atoms with Gasteiger partial charge in [0, 0.05) is 6.54 Å². The van der Waals surface area contributed by atoms with Crippen molar-refractivity contribution in [2.75, 3.05) is 12.3 Å². The number of hydrogen-bond acceptors (Lipinski definition) is 4. The summed E-state index contributed by atoms with van der Waals surface area (Å²) in [6.45, 7) is 6.04. The highest BCUT2D eigenvalue weighted by atomic mass is 32.2. The third-order valence-electron chi connectivity index (χ3n) is 2.55. The predicted molar refractivity (Wildman–Crippen MR) is 75.1 cm³/mol. The Labute approximate surface area is 113 Å². The summed E-state index contributed by atoms with van der Waals surface area (Å²) in [5.74, 6) is 0.0901. The van der Waals surface area contributed by atoms with Crippen molar-refractivity contribution >= 4 is 21.4 Å². The SMILES string of the molecule is CC(C)(C)CCS(=O)(=O)NCC(O)c1ccsc1. The first-order valence-corrected chi connectivity index (χ1v) is 8.47. The van der Waals surface area contributed by atoms with Crippen LogP contribution in [-0.2, 0) is 10.0 Å². The van der Waals surface area contributed by atoms with Gasteiger partial charge in [0.05, 0.1) is 11.9 Å². The maximum atomic E-state index is 11.7. The normalized spacial score (nSPS) is 14.7. The zero-order valence-electron chi connectivity index (χ0n) is 11.0. The van der Waals surface area contributed by atoms with Crippen LogP contribution in [0.2, 0.25) is 0 Å². The van der Waals surface area contributed by atoms with E-state index in [1.165, 1.54) is 11.3 Å². The van der Waals surface area contributed by atoms with Crippen molar-refractivity contribution in [3.63, 3.8) is 0 Å². The van der Waals surface area contributed by atoms with E-state index in [0.717, 1.165) is 5.56 Å². The highest BCUT2D eigenvalue weighted by molar-refractivity contribution is 7.89. The Morgan fingerprint density at radius 2 is 2.11 bits per heavy atom. The Morgan fingerprint density at radius 1 is 1.44 bits per heavy atom. The summed E-state index contributed by atoms with van der Waals surface area (Å²) in [4.78, 5) is 0. The molecule has 1 atom stereocenters. The lowest BCUT2D eigenvalue weighted by Crippen LogP contribution is -2.31. The van der Waals surface area contributed by atoms with Gasteiger partial charge in [-0.15, -0.1) is 0 Å². The predicted octanol–water partition coefficient (Wildman–Crippen LogP) is 2.14. The topological polar surface area (TPSA) is 66.4 Å². The van der Waals surface area contributed by atoms with Gasteiger partial charge in [-0.1, -0.05) is 20.8 Å². The summed E-state index contributed by atoms with van der Waals surface area (Å²) in [7, 11) is -3.31. The Balaban J connectivity index is 2.42. The number of thiophene rings is 1. The molecule has 6 heteroatoms. The molecule has 0 fully saturated rings. The zero-order chi connectivity index (χ0) is 13.8. The van der Waals surface area contributed by atoms with Crippen molar-refractivity contribution in [3.05, 3.63) is 22.4 Å². The number of rotatable bonds is 6. The smallest absolute Gasteiger partial charge is 0.211 e. The second-order valence-electron chi connectivity index (χ2n) is 5.55. The van der Waals surface area contributed by atoms with E-state index in [-0.39, 0.29) is 17.7 Å². The number of hydrogen-bond donors (Lipinski definition) is 2. The van der Waals surface area contributed by atoms with Crippen molar-refractivity contribution in [3.8, 4) is 0 Å². The van der Waals surface area contributed by atoms with Gasteiger partial charge >= 0.3 is 0 Å². The van der Waals surface area contributed by atoms with E-state index in [1.807, 2.05) is 31.5 Å². The molecule has 1 aromatic rings. The molecule has 18 heavy (non-hydrogen) atoms. The van der Waals surface area contributed by atoms with Gasteiger partial charge in [0.25, 0.3) is 0 Å². The van der Waals surface area contributed by atoms with Crippen LogP contribution in [0, 0.1) is 5.41 Å². The van der Waals surface area contributed by atoms with Gasteiger partial charge in [-0.05, 0) is 34.2 Å². The average molecular weight is 291 g/mol. The molecule has 0 amide bonds. The largest absolute Gasteiger partial charge is 0.387 e. The first-order chi connectivity index (χ1) is 8.20. The number of aliphatic hydroxyl groups excluding tert-OH is 1. The van der Waals surface area contributed by atoms with Crippen LogP contribution in [-0.4, -0.2) is 25.8 Å². The van der Waals surface area contributed by atoms with Gasteiger partial charge in [-0.3, -0.25) is 0 Å². The van der Waals surface area contributed by atoms with E-state index in [2.05, 4.69) is 4.72 Å². The second kappa shape index (κ2) is 6.14. The molecule has 1 rings (SSSR count). The van der Waals surface area contributed by atoms with Crippen LogP contribution in [0.5, 0.6) is 0 Å². The molecule has 1 unspecified atom stereocenters. The lowest BCUT2D eigenvalue weighted by Gasteiger charge is -2.18. The van der Waals surface area contributed by atoms with Crippen molar-refractivity contribution in [2.24, 2.45) is 5.41 Å². The zero-order valence-corrected chi connectivity index (χ0v) is 12.6. The average Bonchev–Trinajstić information content (AvgIpc) is 2.76. The van der Waals surface area contributed by atoms with E-state index in [4.69, 9.17) is 0 Å². The minimum absolute atomic E-state index is 0.0132. The highest BCUT2D eigenvalue weighted by Crippen LogP contribution is 2.19. The quantitative estimate of drug-likeness (QED) is 0.844. The molecule has 2 N–H and O–H groups in total. The van der Waals surface area contributed by atoms with Crippen molar-refractivity contribution in [2.45, 2.75) is 33.3 Å². The second-order valence-corrected chi connectivity index (χ2v) is 8.26. The van der Waals surface area contributed by atoms with Gasteiger partial charge in [-0.2, -0.15) is 11.3 Å². The number of aliphatic hydroxyl groups is 1. The minimum Gasteiger partial charge on any atom is -0.387 e. The van der Waals surface area contributed by atoms with Crippen LogP contribution in [0.1, 0.15) is 38.9 Å². The highest BCUT2D eigenvalue weighted by Gasteiger charge is 2.18. The van der Waals surface area contributed by atoms with Crippen LogP contribution < -0.4 is 4.72 Å². The maximum absolute atomic E-state index is 11.7. The molecule has 0 aliphatic rings. The molecule has 0 spiro atoms. The molecule has 0 aliphatic carbocycles. The Bertz CT molecular complexity index is 446. The molecule has 1 heterocycles. The van der Waals surface area contributed by atoms with E-state index in [1.54, 1.807) is 6.07 Å². The molecule has 0 saturated heterocycles. The van der Waals surface area contributed by atoms with Crippen LogP contribution >= 0.6 is 11.3 Å². The fraction of sp³-hybridized carbons (Fsp3) is 0.667. The molecular weight excluding hydrogens is 270 g/mol. The van der Waals surface area contributed by atoms with Crippen molar-refractivity contribution in [1.82, 2.24) is 4.72 Å². The lowest BCUT2D eigenvalue weighted by molar-refractivity contribution is 0.182. The number of nitrogens with one attached hydrogen (secondary N) is 1. The Morgan fingerprint density at radius 3 is 2.61 bits per heavy atom. The first kappa shape index (κ1) is 15.6. The van der Waals surface area contributed by atoms with E-state index < -0.39 is 16.1 Å². The third kappa shape index (κ3) is 5.95. The lowest BCUT2D eigenvalue weighted by atomic mass is 9.94. The van der Waals surface area contributed by atoms with Gasteiger partial charge in [0.15, 0.2) is 0 Å². The summed E-state index contributed by atoms with van der Waals surface area (Å²) >= 11 is 1.48. The van der Waals surface area contributed by atoms with Crippen LogP contribution in [0.15, 0.2) is 16.8 Å². The number of sulfonamides is 1. The Hall–Kier alpha value is -0.430. The first-order valence-electron chi connectivity index (χ1n) is 5.87. The van der Waals surface area contributed by atoms with E-state index >= 15 is 0 Å². The van der Waals surface area contributed by atoms with Crippen molar-refractivity contribution in [1.29, 1.82) is 0 Å². The molecular formula is C12H21NO3S2. The van der Waals surface area contributed by atoms with Crippen LogP contribution in [0.25, 0.3) is 0 Å². The maximum Gasteiger partial charge on any atom is 0.211 e. The minimum atomic E-state index is -3.31. The van der Waals surface area contributed by atoms with Crippen molar-refractivity contribution < 1.29 is 13.5 Å². The molecule has 4 nitrogen and oxygen atoms in total. The van der Waals surface area contributed by atoms with Gasteiger partial charge < -0.3 is 5.11 Å². The Kier molecular flexibility index (Phi) is 5.33. The molecule has 0 aliphatic heterocycles. The molecule has 1 aromatic heterocycles. The molecule has 104 valence electrons. The fourth-order valence-electron chi connectivity index (χ4n) is 1.30. The van der Waals surface area contributed by atoms with Crippen LogP contribution in [0.3, 0.4) is 0 Å². The summed E-state index contributed by atoms with van der Waals surface area (Å²) in [5.41, 5.74) is 0.735. The third-order valence-corrected chi connectivity index (χ3v) is 4.59. The standard InChI is InChI=1S/C12H21NO3S2/c1-12(2,3)5-7-18(15,16)13-8-11(14)10-4-6-17-9-10/h4,6,9,11,13-14H,5,7-8H2,1-3H3. The fourth-order valence-corrected chi connectivity index (χ4v) is 3.45. The molecule has 0 saturated carbocycles. The van der Waals surface area contributed by atoms with Gasteiger partial charge in [-0.25, -0.2) is 13.1 Å². The van der Waals surface area contributed by atoms with Crippen LogP contribution in [0.4, 0.5) is 0 Å². The monoisotopic (exact) mass is 291 g/mol. The van der Waals surface area contributed by atoms with Gasteiger partial charge in [0.2, 0.25) is 10.0 Å². The summed E-state index contributed by atoms with van der Waals surface area (Å²) in [5, 5.41) is 13.4. The molecule has 0 radical (unpaired) electrons. The molecule has 0 bridgehead atoms. The molecule has 0 aromatic carbocycles. The van der Waals surface area contributed by atoms with E-state index in [0.29, 0.717) is 6.42 Å². The summed E-state index contributed by atoms with van der Waals surface area (Å²) < 4.78 is 25.9. The summed E-state index contributed by atoms with van der Waals surface area (Å²) in [6, 6.07) is 1.79. The van der Waals surface area contributed by atoms with E-state index in [9.17, 15) is 13.5 Å². The summed E-state index contributed by atoms with van der Waals surface area (Å²) in [6.07, 6.45) is -0.183. The van der Waals surface area contributed by atoms with Gasteiger partial charge in [0.1, 0.15) is 0 Å².